The summed E-state index contributed by atoms with van der Waals surface area (Å²) < 4.78 is 26.7. The van der Waals surface area contributed by atoms with Gasteiger partial charge in [-0.05, 0) is 12.0 Å². The van der Waals surface area contributed by atoms with E-state index < -0.39 is 10.0 Å². The van der Waals surface area contributed by atoms with Crippen molar-refractivity contribution in [2.24, 2.45) is 5.92 Å². The Labute approximate surface area is 125 Å². The van der Waals surface area contributed by atoms with Gasteiger partial charge in [0.15, 0.2) is 0 Å². The number of halogens is 1. The molecule has 1 rings (SSSR count). The van der Waals surface area contributed by atoms with Crippen molar-refractivity contribution in [2.75, 3.05) is 13.1 Å². The maximum atomic E-state index is 12.5. The van der Waals surface area contributed by atoms with Crippen molar-refractivity contribution >= 4 is 33.0 Å². The molecule has 0 saturated carbocycles. The second kappa shape index (κ2) is 7.62. The van der Waals surface area contributed by atoms with Crippen LogP contribution in [0, 0.1) is 5.92 Å². The SMILES string of the molecule is CCC(CC)CN(CC)S(=O)(=O)c1csc(CCl)c1. The van der Waals surface area contributed by atoms with Crippen LogP contribution in [0.5, 0.6) is 0 Å². The highest BCUT2D eigenvalue weighted by Crippen LogP contribution is 2.25. The summed E-state index contributed by atoms with van der Waals surface area (Å²) in [5.41, 5.74) is 0. The number of hydrogen-bond donors (Lipinski definition) is 0. The molecule has 19 heavy (non-hydrogen) atoms. The number of thiophene rings is 1. The van der Waals surface area contributed by atoms with Crippen LogP contribution in [0.1, 0.15) is 38.5 Å². The van der Waals surface area contributed by atoms with Gasteiger partial charge in [0.2, 0.25) is 10.0 Å². The summed E-state index contributed by atoms with van der Waals surface area (Å²) in [6, 6.07) is 1.68. The molecule has 0 radical (unpaired) electrons. The standard InChI is InChI=1S/C13H22ClNO2S2/c1-4-11(5-2)9-15(6-3)19(16,17)13-7-12(8-14)18-10-13/h7,10-11H,4-6,8-9H2,1-3H3. The molecule has 0 bridgehead atoms. The summed E-state index contributed by atoms with van der Waals surface area (Å²) in [5.74, 6) is 0.777. The van der Waals surface area contributed by atoms with E-state index in [2.05, 4.69) is 13.8 Å². The average molecular weight is 324 g/mol. The lowest BCUT2D eigenvalue weighted by Crippen LogP contribution is -2.34. The molecule has 6 heteroatoms. The highest BCUT2D eigenvalue weighted by molar-refractivity contribution is 7.89. The number of sulfonamides is 1. The number of alkyl halides is 1. The van der Waals surface area contributed by atoms with E-state index in [-0.39, 0.29) is 0 Å². The lowest BCUT2D eigenvalue weighted by Gasteiger charge is -2.24. The first-order valence-electron chi connectivity index (χ1n) is 6.63. The molecular weight excluding hydrogens is 302 g/mol. The van der Waals surface area contributed by atoms with Gasteiger partial charge in [-0.3, -0.25) is 0 Å². The van der Waals surface area contributed by atoms with Gasteiger partial charge in [0.25, 0.3) is 0 Å². The molecule has 0 atom stereocenters. The van der Waals surface area contributed by atoms with Gasteiger partial charge in [-0.25, -0.2) is 8.42 Å². The topological polar surface area (TPSA) is 37.4 Å². The highest BCUT2D eigenvalue weighted by Gasteiger charge is 2.25. The molecule has 3 nitrogen and oxygen atoms in total. The van der Waals surface area contributed by atoms with Gasteiger partial charge in [0, 0.05) is 23.3 Å². The van der Waals surface area contributed by atoms with E-state index in [4.69, 9.17) is 11.6 Å². The van der Waals surface area contributed by atoms with Gasteiger partial charge in [0.05, 0.1) is 10.8 Å². The normalized spacial score (nSPS) is 12.5. The first-order chi connectivity index (χ1) is 8.99. The molecule has 0 aliphatic heterocycles. The third-order valence-electron chi connectivity index (χ3n) is 3.37. The molecule has 0 amide bonds. The molecule has 0 aromatic carbocycles. The van der Waals surface area contributed by atoms with Crippen LogP contribution in [-0.2, 0) is 15.9 Å². The van der Waals surface area contributed by atoms with Crippen LogP contribution in [0.15, 0.2) is 16.3 Å². The molecule has 1 aromatic heterocycles. The van der Waals surface area contributed by atoms with E-state index >= 15 is 0 Å². The maximum absolute atomic E-state index is 12.5. The fraction of sp³-hybridized carbons (Fsp3) is 0.692. The summed E-state index contributed by atoms with van der Waals surface area (Å²) in [5, 5.41) is 1.68. The van der Waals surface area contributed by atoms with Crippen molar-refractivity contribution < 1.29 is 8.42 Å². The Bertz CT molecular complexity index is 481. The minimum absolute atomic E-state index is 0.360. The first kappa shape index (κ1) is 17.0. The van der Waals surface area contributed by atoms with Crippen LogP contribution in [0.2, 0.25) is 0 Å². The van der Waals surface area contributed by atoms with Crippen molar-refractivity contribution in [3.63, 3.8) is 0 Å². The quantitative estimate of drug-likeness (QED) is 0.680. The Kier molecular flexibility index (Phi) is 6.80. The van der Waals surface area contributed by atoms with E-state index in [0.717, 1.165) is 17.7 Å². The zero-order chi connectivity index (χ0) is 14.5. The van der Waals surface area contributed by atoms with Gasteiger partial charge < -0.3 is 0 Å². The Morgan fingerprint density at radius 2 is 1.95 bits per heavy atom. The van der Waals surface area contributed by atoms with Crippen molar-refractivity contribution in [3.8, 4) is 0 Å². The lowest BCUT2D eigenvalue weighted by molar-refractivity contribution is 0.339. The van der Waals surface area contributed by atoms with Crippen LogP contribution in [0.25, 0.3) is 0 Å². The molecule has 0 N–H and O–H groups in total. The molecule has 0 fully saturated rings. The third kappa shape index (κ3) is 4.18. The van der Waals surface area contributed by atoms with E-state index in [9.17, 15) is 8.42 Å². The fourth-order valence-corrected chi connectivity index (χ4v) is 4.85. The highest BCUT2D eigenvalue weighted by atomic mass is 35.5. The third-order valence-corrected chi connectivity index (χ3v) is 6.82. The van der Waals surface area contributed by atoms with E-state index in [1.165, 1.54) is 11.3 Å². The Morgan fingerprint density at radius 1 is 1.32 bits per heavy atom. The van der Waals surface area contributed by atoms with E-state index in [1.54, 1.807) is 15.8 Å². The van der Waals surface area contributed by atoms with E-state index in [0.29, 0.717) is 29.8 Å². The van der Waals surface area contributed by atoms with Gasteiger partial charge in [-0.2, -0.15) is 4.31 Å². The van der Waals surface area contributed by atoms with Crippen molar-refractivity contribution in [2.45, 2.75) is 44.4 Å². The largest absolute Gasteiger partial charge is 0.243 e. The van der Waals surface area contributed by atoms with Crippen LogP contribution in [0.3, 0.4) is 0 Å². The molecular formula is C13H22ClNO2S2. The Hall–Kier alpha value is -0.100. The smallest absolute Gasteiger partial charge is 0.207 e. The van der Waals surface area contributed by atoms with Crippen LogP contribution >= 0.6 is 22.9 Å². The van der Waals surface area contributed by atoms with Crippen LogP contribution < -0.4 is 0 Å². The molecule has 0 spiro atoms. The second-order valence-corrected chi connectivity index (χ2v) is 7.72. The van der Waals surface area contributed by atoms with Crippen molar-refractivity contribution in [1.82, 2.24) is 4.31 Å². The van der Waals surface area contributed by atoms with Crippen LogP contribution in [0.4, 0.5) is 0 Å². The molecule has 0 unspecified atom stereocenters. The zero-order valence-electron chi connectivity index (χ0n) is 11.7. The maximum Gasteiger partial charge on any atom is 0.243 e. The first-order valence-corrected chi connectivity index (χ1v) is 9.48. The van der Waals surface area contributed by atoms with Gasteiger partial charge >= 0.3 is 0 Å². The van der Waals surface area contributed by atoms with Crippen molar-refractivity contribution in [3.05, 3.63) is 16.3 Å². The summed E-state index contributed by atoms with van der Waals surface area (Å²) in [4.78, 5) is 1.26. The van der Waals surface area contributed by atoms with Gasteiger partial charge in [-0.15, -0.1) is 22.9 Å². The number of rotatable bonds is 8. The van der Waals surface area contributed by atoms with Gasteiger partial charge in [0.1, 0.15) is 0 Å². The zero-order valence-corrected chi connectivity index (χ0v) is 14.1. The Balaban J connectivity index is 2.95. The van der Waals surface area contributed by atoms with Crippen molar-refractivity contribution in [1.29, 1.82) is 0 Å². The second-order valence-electron chi connectivity index (χ2n) is 4.52. The molecule has 0 saturated heterocycles. The predicted molar refractivity (Wildman–Crippen MR) is 82.4 cm³/mol. The predicted octanol–water partition coefficient (Wildman–Crippen LogP) is 3.93. The molecule has 0 aliphatic rings. The fourth-order valence-electron chi connectivity index (χ4n) is 1.95. The lowest BCUT2D eigenvalue weighted by atomic mass is 10.0. The molecule has 1 heterocycles. The molecule has 0 aliphatic carbocycles. The molecule has 110 valence electrons. The number of hydrogen-bond acceptors (Lipinski definition) is 3. The molecule has 1 aromatic rings. The van der Waals surface area contributed by atoms with Gasteiger partial charge in [-0.1, -0.05) is 33.6 Å². The summed E-state index contributed by atoms with van der Waals surface area (Å²) in [6.45, 7) is 7.19. The number of nitrogens with zero attached hydrogens (tertiary/aromatic N) is 1. The minimum Gasteiger partial charge on any atom is -0.207 e. The summed E-state index contributed by atoms with van der Waals surface area (Å²) >= 11 is 7.13. The minimum atomic E-state index is -3.37. The summed E-state index contributed by atoms with van der Waals surface area (Å²) in [6.07, 6.45) is 2.00. The van der Waals surface area contributed by atoms with Crippen LogP contribution in [-0.4, -0.2) is 25.8 Å². The monoisotopic (exact) mass is 323 g/mol. The average Bonchev–Trinajstić information content (AvgIpc) is 2.89. The summed E-state index contributed by atoms with van der Waals surface area (Å²) in [7, 11) is -3.37. The van der Waals surface area contributed by atoms with E-state index in [1.807, 2.05) is 6.92 Å². The Morgan fingerprint density at radius 3 is 2.37 bits per heavy atom.